The predicted octanol–water partition coefficient (Wildman–Crippen LogP) is 0.904. The lowest BCUT2D eigenvalue weighted by Gasteiger charge is -2.09. The first-order chi connectivity index (χ1) is 6.66. The highest BCUT2D eigenvalue weighted by Gasteiger charge is 2.26. The maximum atomic E-state index is 5.88. The molecule has 2 rings (SSSR count). The van der Waals surface area contributed by atoms with Crippen molar-refractivity contribution in [1.29, 1.82) is 0 Å². The number of hydrogen-bond acceptors (Lipinski definition) is 3. The fraction of sp³-hybridized carbons (Fsp3) is 0.700. The molecule has 4 heteroatoms. The van der Waals surface area contributed by atoms with Crippen molar-refractivity contribution in [2.45, 2.75) is 25.3 Å². The lowest BCUT2D eigenvalue weighted by atomic mass is 10.3. The van der Waals surface area contributed by atoms with E-state index in [4.69, 9.17) is 5.73 Å². The molecule has 0 unspecified atom stereocenters. The summed E-state index contributed by atoms with van der Waals surface area (Å²) in [5.74, 6) is 1.49. The Morgan fingerprint density at radius 3 is 2.86 bits per heavy atom. The molecule has 1 fully saturated rings. The van der Waals surface area contributed by atoms with Crippen LogP contribution in [-0.2, 0) is 6.54 Å². The van der Waals surface area contributed by atoms with Gasteiger partial charge < -0.3 is 10.6 Å². The molecule has 0 bridgehead atoms. The maximum Gasteiger partial charge on any atom is 0.121 e. The van der Waals surface area contributed by atoms with E-state index in [0.29, 0.717) is 5.92 Å². The Kier molecular flexibility index (Phi) is 2.46. The summed E-state index contributed by atoms with van der Waals surface area (Å²) in [6, 6.07) is 2.02. The van der Waals surface area contributed by atoms with Crippen LogP contribution < -0.4 is 5.73 Å². The normalized spacial score (nSPS) is 16.5. The van der Waals surface area contributed by atoms with Crippen LogP contribution in [0.5, 0.6) is 0 Å². The van der Waals surface area contributed by atoms with Crippen LogP contribution in [0.15, 0.2) is 6.07 Å². The molecule has 1 aromatic heterocycles. The Balaban J connectivity index is 2.01. The zero-order valence-electron chi connectivity index (χ0n) is 8.90. The second-order valence-corrected chi connectivity index (χ2v) is 4.29. The molecule has 1 heterocycles. The minimum atomic E-state index is 0.693. The smallest absolute Gasteiger partial charge is 0.121 e. The van der Waals surface area contributed by atoms with E-state index in [2.05, 4.69) is 24.1 Å². The van der Waals surface area contributed by atoms with Crippen molar-refractivity contribution >= 4 is 5.82 Å². The van der Waals surface area contributed by atoms with Crippen LogP contribution in [0, 0.1) is 0 Å². The molecule has 1 saturated carbocycles. The molecule has 0 aliphatic heterocycles. The molecule has 1 aliphatic carbocycles. The van der Waals surface area contributed by atoms with Gasteiger partial charge in [-0.25, -0.2) is 4.68 Å². The molecule has 1 aromatic rings. The quantitative estimate of drug-likeness (QED) is 0.774. The largest absolute Gasteiger partial charge is 0.384 e. The monoisotopic (exact) mass is 194 g/mol. The minimum absolute atomic E-state index is 0.693. The van der Waals surface area contributed by atoms with Gasteiger partial charge in [0.1, 0.15) is 5.82 Å². The summed E-state index contributed by atoms with van der Waals surface area (Å²) in [4.78, 5) is 2.14. The number of likely N-dealkylation sites (N-methyl/N-ethyl adjacent to an activating group) is 1. The molecule has 78 valence electrons. The van der Waals surface area contributed by atoms with Crippen LogP contribution in [-0.4, -0.2) is 35.3 Å². The van der Waals surface area contributed by atoms with Gasteiger partial charge in [0.05, 0.1) is 12.2 Å². The third kappa shape index (κ3) is 2.07. The highest BCUT2D eigenvalue weighted by Crippen LogP contribution is 2.39. The predicted molar refractivity (Wildman–Crippen MR) is 57.2 cm³/mol. The Bertz CT molecular complexity index is 312. The standard InChI is InChI=1S/C10H18N4/c1-13(2)5-6-14-10(11)7-9(12-14)8-3-4-8/h7-8H,3-6,11H2,1-2H3. The van der Waals surface area contributed by atoms with Gasteiger partial charge in [0.15, 0.2) is 0 Å². The highest BCUT2D eigenvalue weighted by molar-refractivity contribution is 5.33. The van der Waals surface area contributed by atoms with Crippen LogP contribution in [0.2, 0.25) is 0 Å². The number of nitrogens with zero attached hydrogens (tertiary/aromatic N) is 3. The molecule has 4 nitrogen and oxygen atoms in total. The van der Waals surface area contributed by atoms with Gasteiger partial charge in [-0.05, 0) is 26.9 Å². The average molecular weight is 194 g/mol. The fourth-order valence-corrected chi connectivity index (χ4v) is 1.50. The van der Waals surface area contributed by atoms with E-state index in [9.17, 15) is 0 Å². The second kappa shape index (κ2) is 3.61. The molecular formula is C10H18N4. The van der Waals surface area contributed by atoms with E-state index >= 15 is 0 Å². The van der Waals surface area contributed by atoms with Crippen LogP contribution in [0.4, 0.5) is 5.82 Å². The Morgan fingerprint density at radius 1 is 1.57 bits per heavy atom. The molecular weight excluding hydrogens is 176 g/mol. The van der Waals surface area contributed by atoms with E-state index in [-0.39, 0.29) is 0 Å². The van der Waals surface area contributed by atoms with Crippen LogP contribution >= 0.6 is 0 Å². The van der Waals surface area contributed by atoms with Crippen LogP contribution in [0.3, 0.4) is 0 Å². The van der Waals surface area contributed by atoms with Gasteiger partial charge in [-0.3, -0.25) is 0 Å². The third-order valence-corrected chi connectivity index (χ3v) is 2.58. The SMILES string of the molecule is CN(C)CCn1nc(C2CC2)cc1N. The number of nitrogens with two attached hydrogens (primary N) is 1. The first kappa shape index (κ1) is 9.52. The average Bonchev–Trinajstić information content (AvgIpc) is 2.88. The van der Waals surface area contributed by atoms with Gasteiger partial charge in [0.2, 0.25) is 0 Å². The molecule has 2 N–H and O–H groups in total. The summed E-state index contributed by atoms with van der Waals surface area (Å²) in [7, 11) is 4.11. The molecule has 0 aromatic carbocycles. The van der Waals surface area contributed by atoms with Crippen molar-refractivity contribution in [1.82, 2.24) is 14.7 Å². The van der Waals surface area contributed by atoms with Crippen molar-refractivity contribution in [2.75, 3.05) is 26.4 Å². The number of hydrogen-bond donors (Lipinski definition) is 1. The molecule has 0 amide bonds. The highest BCUT2D eigenvalue weighted by atomic mass is 15.3. The van der Waals surface area contributed by atoms with Crippen molar-refractivity contribution in [3.63, 3.8) is 0 Å². The van der Waals surface area contributed by atoms with Gasteiger partial charge in [-0.2, -0.15) is 5.10 Å². The fourth-order valence-electron chi connectivity index (χ4n) is 1.50. The minimum Gasteiger partial charge on any atom is -0.384 e. The summed E-state index contributed by atoms with van der Waals surface area (Å²) < 4.78 is 1.91. The number of aromatic nitrogens is 2. The Morgan fingerprint density at radius 2 is 2.29 bits per heavy atom. The van der Waals surface area contributed by atoms with E-state index in [1.165, 1.54) is 18.5 Å². The van der Waals surface area contributed by atoms with Gasteiger partial charge in [-0.1, -0.05) is 0 Å². The van der Waals surface area contributed by atoms with Gasteiger partial charge in [-0.15, -0.1) is 0 Å². The van der Waals surface area contributed by atoms with Crippen molar-refractivity contribution in [3.8, 4) is 0 Å². The first-order valence-electron chi connectivity index (χ1n) is 5.15. The van der Waals surface area contributed by atoms with Crippen LogP contribution in [0.1, 0.15) is 24.5 Å². The summed E-state index contributed by atoms with van der Waals surface area (Å²) in [6.07, 6.45) is 2.56. The van der Waals surface area contributed by atoms with E-state index in [1.54, 1.807) is 0 Å². The first-order valence-corrected chi connectivity index (χ1v) is 5.15. The van der Waals surface area contributed by atoms with Crippen molar-refractivity contribution in [2.24, 2.45) is 0 Å². The number of anilines is 1. The van der Waals surface area contributed by atoms with Crippen molar-refractivity contribution < 1.29 is 0 Å². The summed E-state index contributed by atoms with van der Waals surface area (Å²) >= 11 is 0. The van der Waals surface area contributed by atoms with Crippen molar-refractivity contribution in [3.05, 3.63) is 11.8 Å². The third-order valence-electron chi connectivity index (χ3n) is 2.58. The lowest BCUT2D eigenvalue weighted by molar-refractivity contribution is 0.374. The summed E-state index contributed by atoms with van der Waals surface area (Å²) in [5.41, 5.74) is 7.06. The molecule has 0 saturated heterocycles. The molecule has 0 spiro atoms. The lowest BCUT2D eigenvalue weighted by Crippen LogP contribution is -2.19. The Labute approximate surface area is 84.7 Å². The maximum absolute atomic E-state index is 5.88. The second-order valence-electron chi connectivity index (χ2n) is 4.29. The molecule has 0 atom stereocenters. The molecule has 0 radical (unpaired) electrons. The molecule has 1 aliphatic rings. The zero-order chi connectivity index (χ0) is 10.1. The number of nitrogen functional groups attached to an aromatic ring is 1. The zero-order valence-corrected chi connectivity index (χ0v) is 8.90. The topological polar surface area (TPSA) is 47.1 Å². The van der Waals surface area contributed by atoms with Gasteiger partial charge in [0.25, 0.3) is 0 Å². The summed E-state index contributed by atoms with van der Waals surface area (Å²) in [5, 5.41) is 4.51. The van der Waals surface area contributed by atoms with Gasteiger partial charge >= 0.3 is 0 Å². The van der Waals surface area contributed by atoms with E-state index in [0.717, 1.165) is 18.9 Å². The summed E-state index contributed by atoms with van der Waals surface area (Å²) in [6.45, 7) is 1.86. The Hall–Kier alpha value is -1.03. The van der Waals surface area contributed by atoms with E-state index < -0.39 is 0 Å². The van der Waals surface area contributed by atoms with Crippen LogP contribution in [0.25, 0.3) is 0 Å². The van der Waals surface area contributed by atoms with E-state index in [1.807, 2.05) is 10.7 Å². The number of rotatable bonds is 4. The molecule has 14 heavy (non-hydrogen) atoms. The van der Waals surface area contributed by atoms with Gasteiger partial charge in [0, 0.05) is 18.5 Å².